The molecule has 0 aliphatic heterocycles. The van der Waals surface area contributed by atoms with E-state index in [0.717, 1.165) is 5.56 Å². The predicted molar refractivity (Wildman–Crippen MR) is 87.0 cm³/mol. The third-order valence-electron chi connectivity index (χ3n) is 2.63. The van der Waals surface area contributed by atoms with Gasteiger partial charge in [0.05, 0.1) is 6.21 Å². The Kier molecular flexibility index (Phi) is 5.05. The minimum atomic E-state index is -3.87. The number of hydrazone groups is 1. The molecule has 7 heteroatoms. The average molecular weight is 339 g/mol. The molecule has 2 aromatic carbocycles. The fourth-order valence-electron chi connectivity index (χ4n) is 1.57. The maximum absolute atomic E-state index is 12.1. The summed E-state index contributed by atoms with van der Waals surface area (Å²) in [5.41, 5.74) is 0.838. The van der Waals surface area contributed by atoms with Gasteiger partial charge in [-0.1, -0.05) is 11.6 Å². The smallest absolute Gasteiger partial charge is 0.339 e. The largest absolute Gasteiger partial charge is 0.379 e. The van der Waals surface area contributed by atoms with Gasteiger partial charge in [-0.25, -0.2) is 0 Å². The van der Waals surface area contributed by atoms with Gasteiger partial charge >= 0.3 is 10.1 Å². The van der Waals surface area contributed by atoms with Gasteiger partial charge in [0.2, 0.25) is 0 Å². The van der Waals surface area contributed by atoms with E-state index in [0.29, 0.717) is 5.02 Å². The molecular weight excluding hydrogens is 324 g/mol. The Labute approximate surface area is 134 Å². The van der Waals surface area contributed by atoms with Gasteiger partial charge in [0.1, 0.15) is 10.6 Å². The van der Waals surface area contributed by atoms with Crippen LogP contribution in [-0.4, -0.2) is 33.7 Å². The lowest BCUT2D eigenvalue weighted by Gasteiger charge is -2.07. The molecule has 0 aromatic heterocycles. The normalized spacial score (nSPS) is 11.6. The lowest BCUT2D eigenvalue weighted by atomic mass is 10.2. The highest BCUT2D eigenvalue weighted by atomic mass is 35.5. The molecule has 22 heavy (non-hydrogen) atoms. The second-order valence-electron chi connectivity index (χ2n) is 4.65. The molecule has 2 rings (SSSR count). The van der Waals surface area contributed by atoms with Crippen molar-refractivity contribution in [3.05, 3.63) is 59.1 Å². The highest BCUT2D eigenvalue weighted by molar-refractivity contribution is 7.87. The van der Waals surface area contributed by atoms with E-state index < -0.39 is 10.1 Å². The van der Waals surface area contributed by atoms with Crippen molar-refractivity contribution in [3.63, 3.8) is 0 Å². The quantitative estimate of drug-likeness (QED) is 0.477. The first-order chi connectivity index (χ1) is 10.4. The summed E-state index contributed by atoms with van der Waals surface area (Å²) in [6, 6.07) is 12.4. The van der Waals surface area contributed by atoms with E-state index in [2.05, 4.69) is 5.10 Å². The summed E-state index contributed by atoms with van der Waals surface area (Å²) in [6.07, 6.45) is 1.66. The van der Waals surface area contributed by atoms with Crippen LogP contribution in [0, 0.1) is 0 Å². The Bertz CT molecular complexity index is 754. The zero-order chi connectivity index (χ0) is 16.2. The molecule has 0 atom stereocenters. The van der Waals surface area contributed by atoms with Gasteiger partial charge < -0.3 is 9.19 Å². The first-order valence-electron chi connectivity index (χ1n) is 6.38. The average Bonchev–Trinajstić information content (AvgIpc) is 2.46. The van der Waals surface area contributed by atoms with E-state index in [9.17, 15) is 8.42 Å². The standard InChI is InChI=1S/C15H15ClN2O3S/c1-18(2)17-11-12-3-7-14(8-4-12)21-22(19,20)15-9-5-13(16)6-10-15/h3-11H,1-2H3/b17-11-. The Morgan fingerprint density at radius 1 is 1.05 bits per heavy atom. The summed E-state index contributed by atoms with van der Waals surface area (Å²) in [5, 5.41) is 6.22. The van der Waals surface area contributed by atoms with Crippen LogP contribution in [0.1, 0.15) is 5.56 Å². The molecule has 0 fully saturated rings. The van der Waals surface area contributed by atoms with Crippen molar-refractivity contribution in [2.45, 2.75) is 4.90 Å². The fraction of sp³-hybridized carbons (Fsp3) is 0.133. The molecule has 5 nitrogen and oxygen atoms in total. The van der Waals surface area contributed by atoms with Crippen molar-refractivity contribution in [2.24, 2.45) is 5.10 Å². The van der Waals surface area contributed by atoms with Gasteiger partial charge in [0.15, 0.2) is 0 Å². The summed E-state index contributed by atoms with van der Waals surface area (Å²) < 4.78 is 29.3. The molecule has 0 amide bonds. The monoisotopic (exact) mass is 338 g/mol. The number of benzene rings is 2. The minimum absolute atomic E-state index is 0.0511. The van der Waals surface area contributed by atoms with Crippen LogP contribution < -0.4 is 4.18 Å². The first-order valence-corrected chi connectivity index (χ1v) is 8.17. The summed E-state index contributed by atoms with van der Waals surface area (Å²) in [7, 11) is -0.245. The maximum atomic E-state index is 12.1. The predicted octanol–water partition coefficient (Wildman–Crippen LogP) is 3.00. The van der Waals surface area contributed by atoms with Crippen LogP contribution in [0.15, 0.2) is 58.5 Å². The summed E-state index contributed by atoms with van der Waals surface area (Å²) in [4.78, 5) is 0.0511. The lowest BCUT2D eigenvalue weighted by molar-refractivity contribution is 0.440. The number of halogens is 1. The Hall–Kier alpha value is -2.05. The molecule has 0 bridgehead atoms. The van der Waals surface area contributed by atoms with Gasteiger partial charge in [-0.2, -0.15) is 13.5 Å². The van der Waals surface area contributed by atoms with Crippen molar-refractivity contribution < 1.29 is 12.6 Å². The van der Waals surface area contributed by atoms with Gasteiger partial charge in [0.25, 0.3) is 0 Å². The second kappa shape index (κ2) is 6.81. The lowest BCUT2D eigenvalue weighted by Crippen LogP contribution is -2.09. The zero-order valence-electron chi connectivity index (χ0n) is 12.1. The Balaban J connectivity index is 2.14. The molecule has 0 aliphatic rings. The molecule has 0 unspecified atom stereocenters. The van der Waals surface area contributed by atoms with Crippen molar-refractivity contribution in [2.75, 3.05) is 14.1 Å². The third kappa shape index (κ3) is 4.47. The number of hydrogen-bond acceptors (Lipinski definition) is 5. The van der Waals surface area contributed by atoms with Gasteiger partial charge in [-0.15, -0.1) is 0 Å². The van der Waals surface area contributed by atoms with Crippen LogP contribution in [-0.2, 0) is 10.1 Å². The van der Waals surface area contributed by atoms with E-state index in [-0.39, 0.29) is 10.6 Å². The first kappa shape index (κ1) is 16.3. The third-order valence-corrected chi connectivity index (χ3v) is 4.14. The van der Waals surface area contributed by atoms with Crippen LogP contribution in [0.3, 0.4) is 0 Å². The molecule has 0 saturated carbocycles. The molecule has 0 N–H and O–H groups in total. The highest BCUT2D eigenvalue weighted by Gasteiger charge is 2.16. The minimum Gasteiger partial charge on any atom is -0.379 e. The second-order valence-corrected chi connectivity index (χ2v) is 6.63. The van der Waals surface area contributed by atoms with Gasteiger partial charge in [-0.05, 0) is 54.1 Å². The zero-order valence-corrected chi connectivity index (χ0v) is 13.7. The van der Waals surface area contributed by atoms with Crippen molar-refractivity contribution >= 4 is 27.9 Å². The number of hydrogen-bond donors (Lipinski definition) is 0. The van der Waals surface area contributed by atoms with E-state index >= 15 is 0 Å². The van der Waals surface area contributed by atoms with E-state index in [4.69, 9.17) is 15.8 Å². The van der Waals surface area contributed by atoms with E-state index in [1.54, 1.807) is 35.5 Å². The highest BCUT2D eigenvalue weighted by Crippen LogP contribution is 2.20. The molecule has 116 valence electrons. The van der Waals surface area contributed by atoms with Crippen molar-refractivity contribution in [1.29, 1.82) is 0 Å². The van der Waals surface area contributed by atoms with Crippen molar-refractivity contribution in [3.8, 4) is 5.75 Å². The Morgan fingerprint density at radius 2 is 1.64 bits per heavy atom. The SMILES string of the molecule is CN(C)/N=C\c1ccc(OS(=O)(=O)c2ccc(Cl)cc2)cc1. The molecule has 0 heterocycles. The van der Waals surface area contributed by atoms with Crippen LogP contribution in [0.2, 0.25) is 5.02 Å². The van der Waals surface area contributed by atoms with Crippen LogP contribution in [0.4, 0.5) is 0 Å². The summed E-state index contributed by atoms with van der Waals surface area (Å²) in [6.45, 7) is 0. The maximum Gasteiger partial charge on any atom is 0.339 e. The van der Waals surface area contributed by atoms with Crippen LogP contribution in [0.5, 0.6) is 5.75 Å². The van der Waals surface area contributed by atoms with E-state index in [1.807, 2.05) is 14.1 Å². The topological polar surface area (TPSA) is 59.0 Å². The summed E-state index contributed by atoms with van der Waals surface area (Å²) in [5.74, 6) is 0.233. The molecule has 0 radical (unpaired) electrons. The molecular formula is C15H15ClN2O3S. The van der Waals surface area contributed by atoms with E-state index in [1.165, 1.54) is 24.3 Å². The molecule has 0 aliphatic carbocycles. The fourth-order valence-corrected chi connectivity index (χ4v) is 2.62. The number of rotatable bonds is 5. The van der Waals surface area contributed by atoms with Crippen molar-refractivity contribution in [1.82, 2.24) is 5.01 Å². The number of nitrogens with zero attached hydrogens (tertiary/aromatic N) is 2. The molecule has 0 spiro atoms. The van der Waals surface area contributed by atoms with Gasteiger partial charge in [0, 0.05) is 19.1 Å². The van der Waals surface area contributed by atoms with Crippen LogP contribution in [0.25, 0.3) is 0 Å². The summed E-state index contributed by atoms with van der Waals surface area (Å²) >= 11 is 5.74. The Morgan fingerprint density at radius 3 is 2.18 bits per heavy atom. The molecule has 0 saturated heterocycles. The molecule has 2 aromatic rings. The van der Waals surface area contributed by atoms with Gasteiger partial charge in [-0.3, -0.25) is 0 Å². The van der Waals surface area contributed by atoms with Crippen LogP contribution >= 0.6 is 11.6 Å².